The number of halogens is 2. The van der Waals surface area contributed by atoms with E-state index >= 15 is 0 Å². The zero-order valence-electron chi connectivity index (χ0n) is 15.0. The van der Waals surface area contributed by atoms with Crippen LogP contribution in [-0.2, 0) is 0 Å². The molecule has 0 spiro atoms. The van der Waals surface area contributed by atoms with E-state index in [4.69, 9.17) is 11.6 Å². The van der Waals surface area contributed by atoms with Crippen molar-refractivity contribution in [2.45, 2.75) is 0 Å². The van der Waals surface area contributed by atoms with Crippen LogP contribution in [0.3, 0.4) is 0 Å². The van der Waals surface area contributed by atoms with Crippen molar-refractivity contribution in [3.63, 3.8) is 0 Å². The number of hydrogen-bond donors (Lipinski definition) is 3. The number of anilines is 2. The van der Waals surface area contributed by atoms with Gasteiger partial charge in [-0.1, -0.05) is 23.7 Å². The number of H-pyrrole nitrogens is 1. The highest BCUT2D eigenvalue weighted by atomic mass is 35.5. The fourth-order valence-corrected chi connectivity index (χ4v) is 2.85. The second kappa shape index (κ2) is 8.12. The lowest BCUT2D eigenvalue weighted by Crippen LogP contribution is -2.19. The Morgan fingerprint density at radius 1 is 0.931 bits per heavy atom. The summed E-state index contributed by atoms with van der Waals surface area (Å²) in [5, 5.41) is 13.2. The normalized spacial score (nSPS) is 10.6. The minimum absolute atomic E-state index is 0.372. The Hall–Kier alpha value is -3.71. The van der Waals surface area contributed by atoms with E-state index in [1.54, 1.807) is 24.3 Å². The second-order valence-electron chi connectivity index (χ2n) is 6.15. The molecule has 6 nitrogen and oxygen atoms in total. The van der Waals surface area contributed by atoms with Crippen LogP contribution >= 0.6 is 11.6 Å². The summed E-state index contributed by atoms with van der Waals surface area (Å²) in [5.41, 5.74) is 2.52. The topological polar surface area (TPSA) is 82.7 Å². The molecule has 0 saturated heterocycles. The second-order valence-corrected chi connectivity index (χ2v) is 6.58. The average Bonchev–Trinajstić information content (AvgIpc) is 3.21. The van der Waals surface area contributed by atoms with E-state index in [1.165, 1.54) is 24.3 Å². The Morgan fingerprint density at radius 2 is 1.66 bits per heavy atom. The monoisotopic (exact) mass is 407 g/mol. The largest absolute Gasteiger partial charge is 0.323 e. The third-order valence-corrected chi connectivity index (χ3v) is 4.37. The average molecular weight is 408 g/mol. The Kier molecular flexibility index (Phi) is 5.22. The minimum atomic E-state index is -0.457. The molecule has 144 valence electrons. The number of aromatic nitrogens is 3. The van der Waals surface area contributed by atoms with Gasteiger partial charge in [0, 0.05) is 21.8 Å². The van der Waals surface area contributed by atoms with Crippen LogP contribution in [0.15, 0.2) is 72.8 Å². The number of hydrogen-bond acceptors (Lipinski definition) is 3. The Bertz CT molecular complexity index is 1140. The number of nitrogens with one attached hydrogen (secondary N) is 3. The van der Waals surface area contributed by atoms with Gasteiger partial charge in [-0.15, -0.1) is 0 Å². The third-order valence-electron chi connectivity index (χ3n) is 4.12. The molecule has 3 N–H and O–H groups in total. The first-order valence-corrected chi connectivity index (χ1v) is 9.07. The van der Waals surface area contributed by atoms with Gasteiger partial charge in [0.1, 0.15) is 5.82 Å². The van der Waals surface area contributed by atoms with Crippen LogP contribution in [0.25, 0.3) is 22.8 Å². The molecule has 0 unspecified atom stereocenters. The Morgan fingerprint density at radius 3 is 2.41 bits per heavy atom. The maximum atomic E-state index is 13.0. The van der Waals surface area contributed by atoms with Crippen molar-refractivity contribution >= 4 is 29.0 Å². The lowest BCUT2D eigenvalue weighted by Gasteiger charge is -2.10. The van der Waals surface area contributed by atoms with Crippen molar-refractivity contribution in [2.75, 3.05) is 10.6 Å². The van der Waals surface area contributed by atoms with Crippen LogP contribution in [0.2, 0.25) is 5.02 Å². The molecule has 0 aliphatic heterocycles. The molecule has 0 aliphatic rings. The molecular formula is C21H15ClFN5O. The highest BCUT2D eigenvalue weighted by Gasteiger charge is 2.13. The van der Waals surface area contributed by atoms with E-state index in [-0.39, 0.29) is 5.82 Å². The molecule has 4 rings (SSSR count). The minimum Gasteiger partial charge on any atom is -0.308 e. The molecule has 0 aliphatic carbocycles. The van der Waals surface area contributed by atoms with E-state index in [0.717, 1.165) is 5.56 Å². The van der Waals surface area contributed by atoms with Crippen molar-refractivity contribution in [3.8, 4) is 22.8 Å². The molecule has 0 bridgehead atoms. The van der Waals surface area contributed by atoms with Crippen LogP contribution in [-0.4, -0.2) is 21.2 Å². The van der Waals surface area contributed by atoms with Gasteiger partial charge in [0.25, 0.3) is 0 Å². The van der Waals surface area contributed by atoms with E-state index in [1.807, 2.05) is 24.3 Å². The first kappa shape index (κ1) is 18.6. The summed E-state index contributed by atoms with van der Waals surface area (Å²) >= 11 is 5.92. The Labute approximate surface area is 170 Å². The molecular weight excluding hydrogens is 393 g/mol. The van der Waals surface area contributed by atoms with Crippen molar-refractivity contribution in [2.24, 2.45) is 0 Å². The fourth-order valence-electron chi connectivity index (χ4n) is 2.73. The lowest BCUT2D eigenvalue weighted by molar-refractivity contribution is 0.262. The maximum Gasteiger partial charge on any atom is 0.323 e. The molecule has 2 amide bonds. The Balaban J connectivity index is 1.54. The molecule has 0 saturated carbocycles. The third kappa shape index (κ3) is 4.41. The molecule has 0 radical (unpaired) electrons. The summed E-state index contributed by atoms with van der Waals surface area (Å²) in [6.07, 6.45) is 0. The SMILES string of the molecule is O=C(Nc1ccc(F)cc1)Nc1ccccc1-c1nc(-c2ccc(Cl)cc2)n[nH]1. The van der Waals surface area contributed by atoms with Gasteiger partial charge in [-0.25, -0.2) is 14.2 Å². The molecule has 0 atom stereocenters. The van der Waals surface area contributed by atoms with Crippen LogP contribution in [0, 0.1) is 5.82 Å². The van der Waals surface area contributed by atoms with Gasteiger partial charge in [-0.2, -0.15) is 5.10 Å². The van der Waals surface area contributed by atoms with Gasteiger partial charge in [-0.3, -0.25) is 5.10 Å². The van der Waals surface area contributed by atoms with Gasteiger partial charge in [0.15, 0.2) is 11.6 Å². The van der Waals surface area contributed by atoms with Crippen molar-refractivity contribution in [3.05, 3.63) is 83.6 Å². The molecule has 29 heavy (non-hydrogen) atoms. The fraction of sp³-hybridized carbons (Fsp3) is 0. The number of carbonyl (C=O) groups excluding carboxylic acids is 1. The van der Waals surface area contributed by atoms with Gasteiger partial charge < -0.3 is 10.6 Å². The number of para-hydroxylation sites is 1. The van der Waals surface area contributed by atoms with Crippen molar-refractivity contribution < 1.29 is 9.18 Å². The van der Waals surface area contributed by atoms with Crippen molar-refractivity contribution in [1.82, 2.24) is 15.2 Å². The summed E-state index contributed by atoms with van der Waals surface area (Å²) in [6.45, 7) is 0. The molecule has 1 aromatic heterocycles. The molecule has 3 aromatic carbocycles. The van der Waals surface area contributed by atoms with E-state index in [0.29, 0.717) is 33.6 Å². The molecule has 1 heterocycles. The summed E-state index contributed by atoms with van der Waals surface area (Å²) in [7, 11) is 0. The number of urea groups is 1. The van der Waals surface area contributed by atoms with Gasteiger partial charge in [-0.05, 0) is 60.7 Å². The predicted octanol–water partition coefficient (Wildman–Crippen LogP) is 5.58. The van der Waals surface area contributed by atoms with E-state index < -0.39 is 6.03 Å². The van der Waals surface area contributed by atoms with Gasteiger partial charge in [0.05, 0.1) is 5.69 Å². The number of benzene rings is 3. The summed E-state index contributed by atoms with van der Waals surface area (Å²) in [6, 6.07) is 19.5. The molecule has 4 aromatic rings. The zero-order chi connectivity index (χ0) is 20.2. The molecule has 8 heteroatoms. The number of aromatic amines is 1. The quantitative estimate of drug-likeness (QED) is 0.413. The van der Waals surface area contributed by atoms with Crippen LogP contribution in [0.5, 0.6) is 0 Å². The molecule has 0 fully saturated rings. The summed E-state index contributed by atoms with van der Waals surface area (Å²) in [4.78, 5) is 16.9. The number of rotatable bonds is 4. The van der Waals surface area contributed by atoms with Crippen LogP contribution in [0.4, 0.5) is 20.6 Å². The van der Waals surface area contributed by atoms with Gasteiger partial charge >= 0.3 is 6.03 Å². The van der Waals surface area contributed by atoms with E-state index in [9.17, 15) is 9.18 Å². The van der Waals surface area contributed by atoms with Crippen molar-refractivity contribution in [1.29, 1.82) is 0 Å². The number of carbonyl (C=O) groups is 1. The highest BCUT2D eigenvalue weighted by Crippen LogP contribution is 2.27. The number of nitrogens with zero attached hydrogens (tertiary/aromatic N) is 2. The summed E-state index contributed by atoms with van der Waals surface area (Å²) < 4.78 is 13.0. The zero-order valence-corrected chi connectivity index (χ0v) is 15.7. The maximum absolute atomic E-state index is 13.0. The lowest BCUT2D eigenvalue weighted by atomic mass is 10.1. The van der Waals surface area contributed by atoms with Gasteiger partial charge in [0.2, 0.25) is 0 Å². The van der Waals surface area contributed by atoms with E-state index in [2.05, 4.69) is 25.8 Å². The highest BCUT2D eigenvalue weighted by molar-refractivity contribution is 6.30. The van der Waals surface area contributed by atoms with Crippen LogP contribution in [0.1, 0.15) is 0 Å². The first-order chi connectivity index (χ1) is 14.1. The summed E-state index contributed by atoms with van der Waals surface area (Å²) in [5.74, 6) is 0.651. The standard InChI is InChI=1S/C21H15ClFN5O/c22-14-7-5-13(6-8-14)19-26-20(28-27-19)17-3-1-2-4-18(17)25-21(29)24-16-11-9-15(23)10-12-16/h1-12H,(H2,24,25,29)(H,26,27,28). The smallest absolute Gasteiger partial charge is 0.308 e. The predicted molar refractivity (Wildman–Crippen MR) is 111 cm³/mol. The first-order valence-electron chi connectivity index (χ1n) is 8.70. The van der Waals surface area contributed by atoms with Crippen LogP contribution < -0.4 is 10.6 Å². The number of amides is 2.